The zero-order valence-corrected chi connectivity index (χ0v) is 16.2. The van der Waals surface area contributed by atoms with Crippen molar-refractivity contribution in [3.05, 3.63) is 76.3 Å². The first-order valence-electron chi connectivity index (χ1n) is 9.03. The van der Waals surface area contributed by atoms with Crippen LogP contribution in [0.3, 0.4) is 0 Å². The number of phenolic OH excluding ortho intramolecular Hbond substituents is 1. The highest BCUT2D eigenvalue weighted by Gasteiger charge is 2.20. The summed E-state index contributed by atoms with van der Waals surface area (Å²) in [7, 11) is 0. The third-order valence-corrected chi connectivity index (χ3v) is 5.05. The van der Waals surface area contributed by atoms with Gasteiger partial charge in [0.15, 0.2) is 0 Å². The van der Waals surface area contributed by atoms with Crippen LogP contribution in [0.25, 0.3) is 22.3 Å². The van der Waals surface area contributed by atoms with Gasteiger partial charge in [-0.15, -0.1) is 0 Å². The summed E-state index contributed by atoms with van der Waals surface area (Å²) in [6, 6.07) is 16.7. The lowest BCUT2D eigenvalue weighted by Crippen LogP contribution is -2.13. The molecule has 0 unspecified atom stereocenters. The monoisotopic (exact) mass is 406 g/mol. The number of amides is 1. The molecule has 7 heteroatoms. The second-order valence-electron chi connectivity index (χ2n) is 6.89. The van der Waals surface area contributed by atoms with Crippen molar-refractivity contribution >= 4 is 34.4 Å². The molecule has 146 valence electrons. The molecule has 1 amide bonds. The molecule has 0 fully saturated rings. The molecule has 6 N–H and O–H groups in total. The molecular formula is C22H19ClN4O2. The molecular weight excluding hydrogens is 388 g/mol. The summed E-state index contributed by atoms with van der Waals surface area (Å²) in [5.41, 5.74) is 16.5. The summed E-state index contributed by atoms with van der Waals surface area (Å²) in [6.45, 7) is 0. The van der Waals surface area contributed by atoms with Crippen LogP contribution in [0.1, 0.15) is 16.7 Å². The van der Waals surface area contributed by atoms with E-state index in [1.807, 2.05) is 36.4 Å². The number of hydrogen-bond donors (Lipinski definition) is 4. The van der Waals surface area contributed by atoms with Crippen molar-refractivity contribution in [3.63, 3.8) is 0 Å². The Bertz CT molecular complexity index is 1220. The highest BCUT2D eigenvalue weighted by molar-refractivity contribution is 6.32. The lowest BCUT2D eigenvalue weighted by molar-refractivity contribution is -0.117. The van der Waals surface area contributed by atoms with Crippen molar-refractivity contribution in [2.75, 3.05) is 5.73 Å². The van der Waals surface area contributed by atoms with E-state index in [0.29, 0.717) is 29.1 Å². The van der Waals surface area contributed by atoms with Crippen LogP contribution >= 0.6 is 11.6 Å². The molecule has 0 aliphatic rings. The normalized spacial score (nSPS) is 11.1. The van der Waals surface area contributed by atoms with Gasteiger partial charge in [-0.1, -0.05) is 41.9 Å². The van der Waals surface area contributed by atoms with Crippen molar-refractivity contribution < 1.29 is 9.90 Å². The lowest BCUT2D eigenvalue weighted by atomic mass is 9.98. The second kappa shape index (κ2) is 7.48. The van der Waals surface area contributed by atoms with E-state index in [4.69, 9.17) is 23.1 Å². The van der Waals surface area contributed by atoms with Crippen molar-refractivity contribution in [3.8, 4) is 17.0 Å². The van der Waals surface area contributed by atoms with Crippen LogP contribution in [0, 0.1) is 0 Å². The molecule has 0 spiro atoms. The Labute approximate surface area is 172 Å². The van der Waals surface area contributed by atoms with Crippen LogP contribution < -0.4 is 11.5 Å². The van der Waals surface area contributed by atoms with Gasteiger partial charge in [0.2, 0.25) is 5.91 Å². The highest BCUT2D eigenvalue weighted by atomic mass is 35.5. The average molecular weight is 407 g/mol. The first-order chi connectivity index (χ1) is 13.9. The molecule has 6 nitrogen and oxygen atoms in total. The number of carbonyl (C=O) groups is 1. The van der Waals surface area contributed by atoms with Crippen molar-refractivity contribution in [2.45, 2.75) is 12.8 Å². The van der Waals surface area contributed by atoms with Crippen LogP contribution in [-0.4, -0.2) is 21.0 Å². The van der Waals surface area contributed by atoms with Gasteiger partial charge in [-0.2, -0.15) is 0 Å². The van der Waals surface area contributed by atoms with Crippen LogP contribution in [0.4, 0.5) is 5.82 Å². The number of pyridine rings is 1. The first-order valence-corrected chi connectivity index (χ1v) is 9.41. The Morgan fingerprint density at radius 2 is 1.86 bits per heavy atom. The van der Waals surface area contributed by atoms with E-state index >= 15 is 0 Å². The molecule has 0 radical (unpaired) electrons. The van der Waals surface area contributed by atoms with Crippen LogP contribution in [-0.2, 0) is 17.6 Å². The van der Waals surface area contributed by atoms with Crippen LogP contribution in [0.15, 0.2) is 54.6 Å². The zero-order valence-electron chi connectivity index (χ0n) is 15.4. The zero-order chi connectivity index (χ0) is 20.5. The molecule has 4 rings (SSSR count). The van der Waals surface area contributed by atoms with Gasteiger partial charge in [0.05, 0.1) is 28.2 Å². The summed E-state index contributed by atoms with van der Waals surface area (Å²) < 4.78 is 0. The smallest absolute Gasteiger partial charge is 0.221 e. The van der Waals surface area contributed by atoms with E-state index in [1.165, 1.54) is 0 Å². The third-order valence-electron chi connectivity index (χ3n) is 4.76. The van der Waals surface area contributed by atoms with E-state index < -0.39 is 5.91 Å². The van der Waals surface area contributed by atoms with Gasteiger partial charge in [0, 0.05) is 17.5 Å². The van der Waals surface area contributed by atoms with Gasteiger partial charge in [-0.05, 0) is 35.4 Å². The third kappa shape index (κ3) is 3.75. The summed E-state index contributed by atoms with van der Waals surface area (Å²) >= 11 is 6.24. The maximum Gasteiger partial charge on any atom is 0.221 e. The van der Waals surface area contributed by atoms with Crippen molar-refractivity contribution in [1.82, 2.24) is 9.97 Å². The van der Waals surface area contributed by atoms with Crippen molar-refractivity contribution in [1.29, 1.82) is 0 Å². The number of anilines is 1. The van der Waals surface area contributed by atoms with Gasteiger partial charge >= 0.3 is 0 Å². The fraction of sp³-hybridized carbons (Fsp3) is 0.0909. The van der Waals surface area contributed by atoms with Gasteiger partial charge < -0.3 is 21.6 Å². The van der Waals surface area contributed by atoms with Gasteiger partial charge in [-0.3, -0.25) is 4.79 Å². The number of benzene rings is 2. The molecule has 2 aromatic heterocycles. The maximum absolute atomic E-state index is 11.4. The van der Waals surface area contributed by atoms with Gasteiger partial charge in [0.25, 0.3) is 0 Å². The molecule has 2 aromatic carbocycles. The van der Waals surface area contributed by atoms with E-state index in [9.17, 15) is 9.90 Å². The van der Waals surface area contributed by atoms with Crippen molar-refractivity contribution in [2.24, 2.45) is 5.73 Å². The number of aromatic amines is 1. The Hall–Kier alpha value is -3.51. The molecule has 29 heavy (non-hydrogen) atoms. The van der Waals surface area contributed by atoms with E-state index in [1.54, 1.807) is 18.2 Å². The number of nitrogens with zero attached hydrogens (tertiary/aromatic N) is 1. The summed E-state index contributed by atoms with van der Waals surface area (Å²) in [6.07, 6.45) is 0.593. The first kappa shape index (κ1) is 18.8. The predicted octanol–water partition coefficient (Wildman–Crippen LogP) is 3.79. The van der Waals surface area contributed by atoms with Gasteiger partial charge in [-0.25, -0.2) is 4.98 Å². The fourth-order valence-corrected chi connectivity index (χ4v) is 3.73. The molecule has 4 aromatic rings. The summed E-state index contributed by atoms with van der Waals surface area (Å²) in [4.78, 5) is 19.2. The summed E-state index contributed by atoms with van der Waals surface area (Å²) in [5.74, 6) is -0.149. The number of aromatic hydroxyl groups is 1. The Kier molecular flexibility index (Phi) is 4.86. The number of nitrogen functional groups attached to an aromatic ring is 1. The molecule has 0 aliphatic carbocycles. The molecule has 0 atom stereocenters. The number of rotatable bonds is 5. The van der Waals surface area contributed by atoms with Crippen LogP contribution in [0.5, 0.6) is 5.75 Å². The van der Waals surface area contributed by atoms with E-state index in [0.717, 1.165) is 22.2 Å². The van der Waals surface area contributed by atoms with Gasteiger partial charge in [0.1, 0.15) is 11.6 Å². The number of hydrogen-bond acceptors (Lipinski definition) is 4. The number of primary amides is 1. The minimum Gasteiger partial charge on any atom is -0.506 e. The Morgan fingerprint density at radius 1 is 1.10 bits per heavy atom. The Balaban J connectivity index is 1.95. The van der Waals surface area contributed by atoms with Crippen LogP contribution in [0.2, 0.25) is 5.02 Å². The minimum atomic E-state index is -0.478. The highest BCUT2D eigenvalue weighted by Crippen LogP contribution is 2.40. The topological polar surface area (TPSA) is 118 Å². The maximum atomic E-state index is 11.4. The lowest BCUT2D eigenvalue weighted by Gasteiger charge is -2.11. The predicted molar refractivity (Wildman–Crippen MR) is 115 cm³/mol. The molecule has 0 bridgehead atoms. The average Bonchev–Trinajstić information content (AvgIpc) is 3.02. The number of halogens is 1. The van der Waals surface area contributed by atoms with E-state index in [-0.39, 0.29) is 17.2 Å². The number of phenols is 1. The Morgan fingerprint density at radius 3 is 2.59 bits per heavy atom. The number of nitrogens with two attached hydrogens (primary N) is 2. The second-order valence-corrected chi connectivity index (χ2v) is 7.30. The largest absolute Gasteiger partial charge is 0.506 e. The number of fused-ring (bicyclic) bond motifs is 1. The SMILES string of the molecule is NC(=O)Cc1cc(Cl)c(O)c(-c2[nH]c3ccc(N)nc3c2Cc2ccccc2)c1. The molecule has 0 saturated carbocycles. The molecule has 0 aliphatic heterocycles. The number of nitrogens with one attached hydrogen (secondary N) is 1. The quantitative estimate of drug-likeness (QED) is 0.403. The standard InChI is InChI=1S/C22H19ClN4O2/c23-16-10-13(11-19(25)28)9-15(22(16)29)20-14(8-12-4-2-1-3-5-12)21-17(26-20)6-7-18(24)27-21/h1-7,9-10,26,29H,8,11H2,(H2,24,27)(H2,25,28). The molecule has 0 saturated heterocycles. The number of H-pyrrole nitrogens is 1. The minimum absolute atomic E-state index is 0.0203. The van der Waals surface area contributed by atoms with E-state index in [2.05, 4.69) is 9.97 Å². The summed E-state index contributed by atoms with van der Waals surface area (Å²) in [5, 5.41) is 10.8. The number of carbonyl (C=O) groups excluding carboxylic acids is 1. The fourth-order valence-electron chi connectivity index (χ4n) is 3.48. The molecule has 2 heterocycles. The number of aromatic nitrogens is 2.